The van der Waals surface area contributed by atoms with Crippen molar-refractivity contribution in [3.63, 3.8) is 0 Å². The van der Waals surface area contributed by atoms with E-state index in [2.05, 4.69) is 46.1 Å². The summed E-state index contributed by atoms with van der Waals surface area (Å²) in [5.74, 6) is 0. The van der Waals surface area contributed by atoms with Gasteiger partial charge in [0, 0.05) is 0 Å². The minimum Gasteiger partial charge on any atom is -0.243 e. The molecular formula is C15H13N2+. The molecule has 3 rings (SSSR count). The number of fused-ring (bicyclic) bond motifs is 1. The van der Waals surface area contributed by atoms with Gasteiger partial charge in [-0.1, -0.05) is 42.5 Å². The van der Waals surface area contributed by atoms with Crippen LogP contribution in [0.5, 0.6) is 0 Å². The van der Waals surface area contributed by atoms with Gasteiger partial charge in [0.05, 0.1) is 6.20 Å². The largest absolute Gasteiger partial charge is 0.247 e. The smallest absolute Gasteiger partial charge is 0.243 e. The second-order valence-electron chi connectivity index (χ2n) is 3.92. The molecule has 0 unspecified atom stereocenters. The predicted octanol–water partition coefficient (Wildman–Crippen LogP) is 3.08. The van der Waals surface area contributed by atoms with Gasteiger partial charge >= 0.3 is 0 Å². The summed E-state index contributed by atoms with van der Waals surface area (Å²) in [6.07, 6.45) is 6.12. The quantitative estimate of drug-likeness (QED) is 0.642. The molecule has 0 spiro atoms. The van der Waals surface area contributed by atoms with Gasteiger partial charge in [-0.2, -0.15) is 0 Å². The van der Waals surface area contributed by atoms with Crippen LogP contribution in [0.2, 0.25) is 0 Å². The highest BCUT2D eigenvalue weighted by atomic mass is 15.0. The summed E-state index contributed by atoms with van der Waals surface area (Å²) in [5, 5.41) is 0. The number of H-pyrrole nitrogens is 1. The molecule has 0 atom stereocenters. The van der Waals surface area contributed by atoms with Crippen molar-refractivity contribution >= 4 is 23.3 Å². The Labute approximate surface area is 99.8 Å². The predicted molar refractivity (Wildman–Crippen MR) is 70.2 cm³/mol. The van der Waals surface area contributed by atoms with Gasteiger partial charge in [-0.05, 0) is 23.8 Å². The summed E-state index contributed by atoms with van der Waals surface area (Å²) < 4.78 is 2.09. The summed E-state index contributed by atoms with van der Waals surface area (Å²) in [6.45, 7) is 0. The number of benzene rings is 2. The second kappa shape index (κ2) is 4.26. The molecule has 1 aromatic heterocycles. The van der Waals surface area contributed by atoms with Crippen molar-refractivity contribution < 1.29 is 4.57 Å². The van der Waals surface area contributed by atoms with Gasteiger partial charge in [0.1, 0.15) is 0 Å². The topological polar surface area (TPSA) is 19.7 Å². The highest BCUT2D eigenvalue weighted by Crippen LogP contribution is 2.06. The normalized spacial score (nSPS) is 11.3. The molecule has 2 aromatic carbocycles. The number of hydrogen-bond acceptors (Lipinski definition) is 0. The zero-order valence-electron chi connectivity index (χ0n) is 9.38. The maximum absolute atomic E-state index is 3.24. The fraction of sp³-hybridized carbons (Fsp3) is 0. The molecule has 2 heteroatoms. The molecule has 3 aromatic rings. The van der Waals surface area contributed by atoms with Crippen LogP contribution < -0.4 is 4.57 Å². The summed E-state index contributed by atoms with van der Waals surface area (Å²) >= 11 is 0. The molecule has 0 bridgehead atoms. The van der Waals surface area contributed by atoms with Crippen molar-refractivity contribution in [2.75, 3.05) is 0 Å². The van der Waals surface area contributed by atoms with E-state index in [1.165, 1.54) is 11.1 Å². The lowest BCUT2D eigenvalue weighted by Gasteiger charge is -1.90. The molecule has 0 aliphatic rings. The van der Waals surface area contributed by atoms with E-state index in [1.54, 1.807) is 0 Å². The van der Waals surface area contributed by atoms with Crippen LogP contribution in [0.15, 0.2) is 60.9 Å². The van der Waals surface area contributed by atoms with Crippen LogP contribution in [0.1, 0.15) is 5.56 Å². The Morgan fingerprint density at radius 1 is 0.882 bits per heavy atom. The Hall–Kier alpha value is -2.35. The fourth-order valence-electron chi connectivity index (χ4n) is 1.88. The van der Waals surface area contributed by atoms with Crippen LogP contribution >= 0.6 is 0 Å². The number of aromatic nitrogens is 2. The lowest BCUT2D eigenvalue weighted by molar-refractivity contribution is -0.537. The van der Waals surface area contributed by atoms with Crippen molar-refractivity contribution in [3.8, 4) is 0 Å². The maximum atomic E-state index is 3.24. The molecule has 0 saturated heterocycles. The molecule has 1 heterocycles. The average molecular weight is 221 g/mol. The third kappa shape index (κ3) is 1.97. The number of hydrogen-bond donors (Lipinski definition) is 1. The van der Waals surface area contributed by atoms with Crippen molar-refractivity contribution in [1.82, 2.24) is 4.98 Å². The summed E-state index contributed by atoms with van der Waals surface area (Å²) in [5.41, 5.74) is 3.52. The van der Waals surface area contributed by atoms with Crippen LogP contribution in [0.4, 0.5) is 0 Å². The van der Waals surface area contributed by atoms with Gasteiger partial charge in [-0.3, -0.25) is 0 Å². The van der Waals surface area contributed by atoms with Gasteiger partial charge < -0.3 is 0 Å². The first kappa shape index (κ1) is 9.85. The van der Waals surface area contributed by atoms with Gasteiger partial charge in [0.2, 0.25) is 6.33 Å². The molecular weight excluding hydrogens is 208 g/mol. The first-order chi connectivity index (χ1) is 8.43. The maximum Gasteiger partial charge on any atom is 0.247 e. The molecule has 82 valence electrons. The highest BCUT2D eigenvalue weighted by Gasteiger charge is 2.04. The van der Waals surface area contributed by atoms with Crippen molar-refractivity contribution in [2.45, 2.75) is 0 Å². The molecule has 0 aliphatic carbocycles. The van der Waals surface area contributed by atoms with Crippen LogP contribution in [-0.4, -0.2) is 4.98 Å². The number of nitrogens with one attached hydrogen (secondary N) is 1. The Morgan fingerprint density at radius 2 is 1.65 bits per heavy atom. The minimum atomic E-state index is 1.14. The summed E-state index contributed by atoms with van der Waals surface area (Å²) in [6, 6.07) is 18.5. The lowest BCUT2D eigenvalue weighted by atomic mass is 10.2. The molecule has 17 heavy (non-hydrogen) atoms. The Kier molecular flexibility index (Phi) is 2.47. The third-order valence-electron chi connectivity index (χ3n) is 2.77. The lowest BCUT2D eigenvalue weighted by Crippen LogP contribution is -2.22. The monoisotopic (exact) mass is 221 g/mol. The number of rotatable bonds is 2. The average Bonchev–Trinajstić information content (AvgIpc) is 2.81. The van der Waals surface area contributed by atoms with Crippen molar-refractivity contribution in [1.29, 1.82) is 0 Å². The van der Waals surface area contributed by atoms with E-state index >= 15 is 0 Å². The highest BCUT2D eigenvalue weighted by molar-refractivity contribution is 5.72. The van der Waals surface area contributed by atoms with E-state index in [9.17, 15) is 0 Å². The van der Waals surface area contributed by atoms with Gasteiger partial charge in [-0.25, -0.2) is 9.55 Å². The molecule has 0 saturated carbocycles. The van der Waals surface area contributed by atoms with Gasteiger partial charge in [0.15, 0.2) is 11.0 Å². The van der Waals surface area contributed by atoms with Crippen LogP contribution in [-0.2, 0) is 0 Å². The molecule has 0 amide bonds. The Bertz CT molecular complexity index is 651. The fourth-order valence-corrected chi connectivity index (χ4v) is 1.88. The zero-order valence-corrected chi connectivity index (χ0v) is 9.38. The van der Waals surface area contributed by atoms with Crippen LogP contribution in [0, 0.1) is 0 Å². The molecule has 0 fully saturated rings. The number of aromatic amines is 1. The first-order valence-electron chi connectivity index (χ1n) is 5.64. The summed E-state index contributed by atoms with van der Waals surface area (Å²) in [7, 11) is 0. The molecule has 2 nitrogen and oxygen atoms in total. The van der Waals surface area contributed by atoms with E-state index in [4.69, 9.17) is 0 Å². The standard InChI is InChI=1S/C15H12N2/c1-2-6-13(7-3-1)10-11-17-12-16-14-8-4-5-9-15(14)17/h1-12H/p+1. The number of imidazole rings is 1. The zero-order chi connectivity index (χ0) is 11.5. The Morgan fingerprint density at radius 3 is 2.53 bits per heavy atom. The third-order valence-corrected chi connectivity index (χ3v) is 2.77. The molecule has 0 radical (unpaired) electrons. The van der Waals surface area contributed by atoms with E-state index in [1.807, 2.05) is 36.7 Å². The second-order valence-corrected chi connectivity index (χ2v) is 3.92. The number of para-hydroxylation sites is 2. The van der Waals surface area contributed by atoms with Gasteiger partial charge in [0.25, 0.3) is 0 Å². The first-order valence-corrected chi connectivity index (χ1v) is 5.64. The SMILES string of the molecule is C(=C[n+]1c[nH]c2ccccc21)c1ccccc1. The van der Waals surface area contributed by atoms with Gasteiger partial charge in [-0.15, -0.1) is 0 Å². The number of nitrogens with zero attached hydrogens (tertiary/aromatic N) is 1. The van der Waals surface area contributed by atoms with Crippen LogP contribution in [0.25, 0.3) is 23.3 Å². The minimum absolute atomic E-state index is 1.14. The van der Waals surface area contributed by atoms with E-state index in [0.717, 1.165) is 5.52 Å². The van der Waals surface area contributed by atoms with Crippen molar-refractivity contribution in [2.24, 2.45) is 0 Å². The Balaban J connectivity index is 1.98. The van der Waals surface area contributed by atoms with E-state index in [0.29, 0.717) is 0 Å². The van der Waals surface area contributed by atoms with Crippen molar-refractivity contribution in [3.05, 3.63) is 66.5 Å². The van der Waals surface area contributed by atoms with E-state index < -0.39 is 0 Å². The van der Waals surface area contributed by atoms with Crippen LogP contribution in [0.3, 0.4) is 0 Å². The molecule has 1 N–H and O–H groups in total. The summed E-state index contributed by atoms with van der Waals surface area (Å²) in [4.78, 5) is 3.24. The molecule has 0 aliphatic heterocycles. The van der Waals surface area contributed by atoms with E-state index in [-0.39, 0.29) is 0 Å².